The largest absolute Gasteiger partial charge is 0.493 e. The summed E-state index contributed by atoms with van der Waals surface area (Å²) in [4.78, 5) is 24.7. The van der Waals surface area contributed by atoms with Crippen molar-refractivity contribution in [3.05, 3.63) is 58.7 Å². The molecule has 0 aliphatic rings. The lowest BCUT2D eigenvalue weighted by molar-refractivity contribution is -0.121. The predicted molar refractivity (Wildman–Crippen MR) is 121 cm³/mol. The van der Waals surface area contributed by atoms with E-state index in [2.05, 4.69) is 10.5 Å². The predicted octanol–water partition coefficient (Wildman–Crippen LogP) is 3.92. The minimum absolute atomic E-state index is 0.0151. The highest BCUT2D eigenvalue weighted by Gasteiger charge is 2.15. The summed E-state index contributed by atoms with van der Waals surface area (Å²) in [5.41, 5.74) is 3.93. The Morgan fingerprint density at radius 1 is 1.09 bits per heavy atom. The van der Waals surface area contributed by atoms with Crippen LogP contribution in [-0.2, 0) is 4.79 Å². The van der Waals surface area contributed by atoms with Crippen molar-refractivity contribution in [2.24, 2.45) is 5.10 Å². The molecule has 0 atom stereocenters. The quantitative estimate of drug-likeness (QED) is 0.273. The van der Waals surface area contributed by atoms with Gasteiger partial charge in [-0.3, -0.25) is 9.59 Å². The van der Waals surface area contributed by atoms with Gasteiger partial charge in [-0.25, -0.2) is 9.82 Å². The standard InChI is InChI=1S/C23H23FN2O5S/c1-30-20-8-6-14(12-21(20)31-2)19(28)7-9-22(29)26-25-18(10-11-27)16-13-32-23-15(16)4-3-5-17(23)24/h3-6,8,12-13,27H,7,9-11H2,1-2H3,(H,26,29)/b25-18+. The van der Waals surface area contributed by atoms with Crippen molar-refractivity contribution in [1.82, 2.24) is 5.43 Å². The zero-order valence-electron chi connectivity index (χ0n) is 17.7. The molecule has 0 saturated heterocycles. The lowest BCUT2D eigenvalue weighted by Crippen LogP contribution is -2.21. The maximum atomic E-state index is 14.0. The summed E-state index contributed by atoms with van der Waals surface area (Å²) in [5.74, 6) is -0.0615. The van der Waals surface area contributed by atoms with Crippen LogP contribution in [0.4, 0.5) is 4.39 Å². The van der Waals surface area contributed by atoms with Crippen LogP contribution in [0.3, 0.4) is 0 Å². The second-order valence-electron chi connectivity index (χ2n) is 6.83. The van der Waals surface area contributed by atoms with Gasteiger partial charge >= 0.3 is 0 Å². The van der Waals surface area contributed by atoms with E-state index in [-0.39, 0.29) is 37.5 Å². The molecule has 2 aromatic carbocycles. The first-order valence-corrected chi connectivity index (χ1v) is 10.7. The number of fused-ring (bicyclic) bond motifs is 1. The van der Waals surface area contributed by atoms with E-state index >= 15 is 0 Å². The first-order chi connectivity index (χ1) is 15.5. The average molecular weight is 459 g/mol. The minimum Gasteiger partial charge on any atom is -0.493 e. The number of thiophene rings is 1. The number of nitrogens with zero attached hydrogens (tertiary/aromatic N) is 1. The number of aliphatic hydroxyl groups excluding tert-OH is 1. The van der Waals surface area contributed by atoms with Crippen LogP contribution in [0, 0.1) is 5.82 Å². The van der Waals surface area contributed by atoms with Crippen molar-refractivity contribution < 1.29 is 28.6 Å². The number of carbonyl (C=O) groups is 2. The molecular formula is C23H23FN2O5S. The summed E-state index contributed by atoms with van der Waals surface area (Å²) >= 11 is 1.23. The maximum absolute atomic E-state index is 14.0. The summed E-state index contributed by atoms with van der Waals surface area (Å²) in [6.07, 6.45) is 0.105. The van der Waals surface area contributed by atoms with Gasteiger partial charge in [0, 0.05) is 47.8 Å². The first-order valence-electron chi connectivity index (χ1n) is 9.86. The van der Waals surface area contributed by atoms with E-state index in [4.69, 9.17) is 9.47 Å². The third-order valence-corrected chi connectivity index (χ3v) is 5.82. The normalized spacial score (nSPS) is 11.4. The van der Waals surface area contributed by atoms with E-state index in [1.165, 1.54) is 31.6 Å². The zero-order chi connectivity index (χ0) is 23.1. The summed E-state index contributed by atoms with van der Waals surface area (Å²) in [5, 5.41) is 15.9. The van der Waals surface area contributed by atoms with E-state index in [1.54, 1.807) is 35.7 Å². The molecular weight excluding hydrogens is 435 g/mol. The molecule has 3 rings (SSSR count). The highest BCUT2D eigenvalue weighted by atomic mass is 32.1. The number of benzene rings is 2. The van der Waals surface area contributed by atoms with Crippen LogP contribution < -0.4 is 14.9 Å². The van der Waals surface area contributed by atoms with Crippen LogP contribution in [0.15, 0.2) is 46.9 Å². The van der Waals surface area contributed by atoms with Gasteiger partial charge in [0.1, 0.15) is 5.82 Å². The van der Waals surface area contributed by atoms with Gasteiger partial charge in [-0.2, -0.15) is 5.10 Å². The number of aliphatic hydroxyl groups is 1. The number of ketones is 1. The Labute approximate surface area is 188 Å². The molecule has 0 spiro atoms. The van der Waals surface area contributed by atoms with Crippen molar-refractivity contribution in [3.63, 3.8) is 0 Å². The van der Waals surface area contributed by atoms with E-state index < -0.39 is 5.91 Å². The lowest BCUT2D eigenvalue weighted by atomic mass is 10.1. The summed E-state index contributed by atoms with van der Waals surface area (Å²) in [6, 6.07) is 9.55. The number of halogens is 1. The summed E-state index contributed by atoms with van der Waals surface area (Å²) < 4.78 is 24.8. The van der Waals surface area contributed by atoms with Crippen molar-refractivity contribution in [3.8, 4) is 11.5 Å². The molecule has 0 aliphatic carbocycles. The highest BCUT2D eigenvalue weighted by molar-refractivity contribution is 7.17. The van der Waals surface area contributed by atoms with Gasteiger partial charge in [0.2, 0.25) is 5.91 Å². The smallest absolute Gasteiger partial charge is 0.240 e. The molecule has 1 aromatic heterocycles. The third kappa shape index (κ3) is 5.30. The fourth-order valence-corrected chi connectivity index (χ4v) is 4.15. The molecule has 0 fully saturated rings. The number of nitrogens with one attached hydrogen (secondary N) is 1. The second kappa shape index (κ2) is 10.8. The molecule has 32 heavy (non-hydrogen) atoms. The molecule has 0 bridgehead atoms. The summed E-state index contributed by atoms with van der Waals surface area (Å²) in [6.45, 7) is -0.181. The number of methoxy groups -OCH3 is 2. The highest BCUT2D eigenvalue weighted by Crippen LogP contribution is 2.30. The molecule has 2 N–H and O–H groups in total. The van der Waals surface area contributed by atoms with Crippen molar-refractivity contribution in [2.45, 2.75) is 19.3 Å². The molecule has 1 heterocycles. The van der Waals surface area contributed by atoms with Crippen molar-refractivity contribution in [1.29, 1.82) is 0 Å². The zero-order valence-corrected chi connectivity index (χ0v) is 18.5. The third-order valence-electron chi connectivity index (χ3n) is 4.81. The Bertz CT molecular complexity index is 1160. The SMILES string of the molecule is COc1ccc(C(=O)CCC(=O)N/N=C(\CCO)c2csc3c(F)cccc23)cc1OC. The van der Waals surface area contributed by atoms with Crippen LogP contribution in [-0.4, -0.2) is 43.3 Å². The van der Waals surface area contributed by atoms with Gasteiger partial charge in [-0.15, -0.1) is 11.3 Å². The molecule has 0 unspecified atom stereocenters. The van der Waals surface area contributed by atoms with Crippen LogP contribution in [0.2, 0.25) is 0 Å². The number of hydrogen-bond donors (Lipinski definition) is 2. The monoisotopic (exact) mass is 458 g/mol. The Kier molecular flexibility index (Phi) is 7.91. The molecule has 0 radical (unpaired) electrons. The Morgan fingerprint density at radius 2 is 1.88 bits per heavy atom. The molecule has 0 saturated carbocycles. The van der Waals surface area contributed by atoms with Crippen LogP contribution in [0.25, 0.3) is 10.1 Å². The fraction of sp³-hybridized carbons (Fsp3) is 0.261. The van der Waals surface area contributed by atoms with Gasteiger partial charge in [0.25, 0.3) is 0 Å². The lowest BCUT2D eigenvalue weighted by Gasteiger charge is -2.09. The number of hydrazone groups is 1. The van der Waals surface area contributed by atoms with Crippen molar-refractivity contribution in [2.75, 3.05) is 20.8 Å². The number of Topliss-reactive ketones (excluding diaryl/α,β-unsaturated/α-hetero) is 1. The fourth-order valence-electron chi connectivity index (χ4n) is 3.17. The van der Waals surface area contributed by atoms with Gasteiger partial charge in [0.05, 0.1) is 24.6 Å². The van der Waals surface area contributed by atoms with E-state index in [0.717, 1.165) is 0 Å². The second-order valence-corrected chi connectivity index (χ2v) is 7.71. The topological polar surface area (TPSA) is 97.2 Å². The minimum atomic E-state index is -0.444. The van der Waals surface area contributed by atoms with Crippen LogP contribution in [0.1, 0.15) is 35.2 Å². The van der Waals surface area contributed by atoms with Crippen LogP contribution >= 0.6 is 11.3 Å². The van der Waals surface area contributed by atoms with E-state index in [9.17, 15) is 19.1 Å². The summed E-state index contributed by atoms with van der Waals surface area (Å²) in [7, 11) is 2.98. The number of ether oxygens (including phenoxy) is 2. The van der Waals surface area contributed by atoms with Gasteiger partial charge in [-0.1, -0.05) is 12.1 Å². The van der Waals surface area contributed by atoms with Crippen LogP contribution in [0.5, 0.6) is 11.5 Å². The molecule has 7 nitrogen and oxygen atoms in total. The molecule has 3 aromatic rings. The van der Waals surface area contributed by atoms with Gasteiger partial charge < -0.3 is 14.6 Å². The van der Waals surface area contributed by atoms with Crippen molar-refractivity contribution >= 4 is 38.8 Å². The number of carbonyl (C=O) groups excluding carboxylic acids is 2. The average Bonchev–Trinajstić information content (AvgIpc) is 3.25. The molecule has 0 aliphatic heterocycles. The van der Waals surface area contributed by atoms with Gasteiger partial charge in [0.15, 0.2) is 17.3 Å². The first kappa shape index (κ1) is 23.4. The number of amides is 1. The van der Waals surface area contributed by atoms with Gasteiger partial charge in [-0.05, 0) is 24.3 Å². The van der Waals surface area contributed by atoms with E-state index in [0.29, 0.717) is 38.4 Å². The number of rotatable bonds is 10. The Balaban J connectivity index is 1.66. The molecule has 9 heteroatoms. The number of hydrogen-bond acceptors (Lipinski definition) is 7. The molecule has 1 amide bonds. The maximum Gasteiger partial charge on any atom is 0.240 e. The molecule has 168 valence electrons. The Morgan fingerprint density at radius 3 is 2.59 bits per heavy atom. The Hall–Kier alpha value is -3.30. The van der Waals surface area contributed by atoms with E-state index in [1.807, 2.05) is 0 Å².